The van der Waals surface area contributed by atoms with Crippen LogP contribution in [-0.4, -0.2) is 87.5 Å². The molecule has 1 heterocycles. The minimum absolute atomic E-state index is 0.133. The molecule has 1 saturated heterocycles. The number of ether oxygens (including phenoxy) is 2. The van der Waals surface area contributed by atoms with Crippen LogP contribution >= 0.6 is 0 Å². The molecule has 9 nitrogen and oxygen atoms in total. The summed E-state index contributed by atoms with van der Waals surface area (Å²) in [6, 6.07) is -0.718. The van der Waals surface area contributed by atoms with Crippen LogP contribution in [0.4, 0.5) is 0 Å². The molecule has 0 saturated carbocycles. The second-order valence-corrected chi connectivity index (χ2v) is 25.0. The van der Waals surface area contributed by atoms with E-state index in [0.29, 0.717) is 12.8 Å². The van der Waals surface area contributed by atoms with Crippen LogP contribution in [0.25, 0.3) is 0 Å². The van der Waals surface area contributed by atoms with Gasteiger partial charge in [0.05, 0.1) is 25.4 Å². The van der Waals surface area contributed by atoms with Crippen molar-refractivity contribution in [3.63, 3.8) is 0 Å². The van der Waals surface area contributed by atoms with Crippen LogP contribution in [0.3, 0.4) is 0 Å². The zero-order chi connectivity index (χ0) is 59.3. The molecular formula is C73H137NO8. The number of aliphatic hydroxyl groups excluding tert-OH is 5. The Bertz CT molecular complexity index is 1430. The fourth-order valence-electron chi connectivity index (χ4n) is 11.6. The lowest BCUT2D eigenvalue weighted by molar-refractivity contribution is -0.302. The van der Waals surface area contributed by atoms with E-state index in [1.54, 1.807) is 0 Å². The molecule has 0 aromatic rings. The molecule has 9 heteroatoms. The highest BCUT2D eigenvalue weighted by molar-refractivity contribution is 5.76. The van der Waals surface area contributed by atoms with E-state index in [1.165, 1.54) is 263 Å². The molecule has 1 fully saturated rings. The lowest BCUT2D eigenvalue weighted by atomic mass is 9.99. The van der Waals surface area contributed by atoms with Gasteiger partial charge in [0, 0.05) is 6.42 Å². The first kappa shape index (κ1) is 78.2. The molecule has 0 radical (unpaired) electrons. The molecule has 1 aliphatic heterocycles. The number of allylic oxidation sites excluding steroid dienone is 8. The summed E-state index contributed by atoms with van der Waals surface area (Å²) in [6.45, 7) is 3.77. The van der Waals surface area contributed by atoms with Crippen LogP contribution in [0, 0.1) is 0 Å². The quantitative estimate of drug-likeness (QED) is 0.0261. The molecule has 7 atom stereocenters. The zero-order valence-electron chi connectivity index (χ0n) is 54.0. The summed E-state index contributed by atoms with van der Waals surface area (Å²) >= 11 is 0. The minimum Gasteiger partial charge on any atom is -0.394 e. The average Bonchev–Trinajstić information content (AvgIpc) is 3.52. The second-order valence-electron chi connectivity index (χ2n) is 25.0. The third kappa shape index (κ3) is 50.3. The Kier molecular flexibility index (Phi) is 59.3. The summed E-state index contributed by atoms with van der Waals surface area (Å²) in [5, 5.41) is 54.9. The van der Waals surface area contributed by atoms with Crippen LogP contribution in [0.5, 0.6) is 0 Å². The number of carbonyl (C=O) groups excluding carboxylic acids is 1. The molecule has 482 valence electrons. The number of hydrogen-bond donors (Lipinski definition) is 6. The van der Waals surface area contributed by atoms with Gasteiger partial charge >= 0.3 is 0 Å². The third-order valence-corrected chi connectivity index (χ3v) is 17.2. The van der Waals surface area contributed by atoms with Crippen molar-refractivity contribution in [1.29, 1.82) is 0 Å². The molecule has 7 unspecified atom stereocenters. The minimum atomic E-state index is -1.55. The van der Waals surface area contributed by atoms with Gasteiger partial charge in [-0.1, -0.05) is 345 Å². The molecule has 0 aliphatic carbocycles. The fraction of sp³-hybridized carbons (Fsp3) is 0.877. The van der Waals surface area contributed by atoms with Crippen molar-refractivity contribution in [2.24, 2.45) is 0 Å². The van der Waals surface area contributed by atoms with E-state index in [4.69, 9.17) is 9.47 Å². The van der Waals surface area contributed by atoms with Gasteiger partial charge in [-0.25, -0.2) is 0 Å². The first-order valence-electron chi connectivity index (χ1n) is 35.8. The average molecular weight is 1160 g/mol. The monoisotopic (exact) mass is 1160 g/mol. The van der Waals surface area contributed by atoms with E-state index >= 15 is 0 Å². The van der Waals surface area contributed by atoms with E-state index in [9.17, 15) is 30.3 Å². The van der Waals surface area contributed by atoms with Crippen molar-refractivity contribution in [2.45, 2.75) is 397 Å². The van der Waals surface area contributed by atoms with Crippen LogP contribution in [-0.2, 0) is 14.3 Å². The number of carbonyl (C=O) groups is 1. The Labute approximate surface area is 507 Å². The van der Waals surface area contributed by atoms with Crippen molar-refractivity contribution >= 4 is 5.91 Å². The van der Waals surface area contributed by atoms with Crippen molar-refractivity contribution in [2.75, 3.05) is 13.2 Å². The van der Waals surface area contributed by atoms with Crippen molar-refractivity contribution < 1.29 is 39.8 Å². The predicted molar refractivity (Wildman–Crippen MR) is 350 cm³/mol. The van der Waals surface area contributed by atoms with Gasteiger partial charge in [-0.15, -0.1) is 0 Å². The number of aliphatic hydroxyl groups is 5. The lowest BCUT2D eigenvalue weighted by Crippen LogP contribution is -2.60. The highest BCUT2D eigenvalue weighted by atomic mass is 16.7. The molecule has 0 aromatic heterocycles. The second kappa shape index (κ2) is 62.2. The van der Waals surface area contributed by atoms with Gasteiger partial charge in [-0.2, -0.15) is 0 Å². The van der Waals surface area contributed by atoms with Gasteiger partial charge in [0.1, 0.15) is 24.4 Å². The van der Waals surface area contributed by atoms with Gasteiger partial charge in [0.15, 0.2) is 6.29 Å². The SMILES string of the molecule is CC/C=C\C/C=C\C/C=C\C/C=C\CCCCCCCCCCCCCCCCCCCCCCCCCCCCC(=O)NC(COC1OC(CO)C(O)C(O)C1O)C(O)CCCCCCCCCCCCCCCCCCCCCC. The standard InChI is InChI=1S/C73H137NO8/c1-3-5-7-9-11-13-15-17-19-21-23-25-26-27-28-29-30-31-32-33-34-35-36-37-38-39-40-41-42-43-45-47-49-51-53-55-57-59-61-63-69(77)74-66(65-81-73-72(80)71(79)70(78)68(64-75)82-73)67(76)62-60-58-56-54-52-50-48-46-44-24-22-20-18-16-14-12-10-8-6-4-2/h5,7,11,13,17,19,23,25,66-68,70-73,75-76,78-80H,3-4,6,8-10,12,14-16,18,20-22,24,26-65H2,1-2H3,(H,74,77)/b7-5-,13-11-,19-17-,25-23-. The Morgan fingerprint density at radius 1 is 0.427 bits per heavy atom. The molecule has 0 spiro atoms. The molecule has 0 bridgehead atoms. The third-order valence-electron chi connectivity index (χ3n) is 17.2. The van der Waals surface area contributed by atoms with Crippen LogP contribution in [0.2, 0.25) is 0 Å². The summed E-state index contributed by atoms with van der Waals surface area (Å²) in [5.41, 5.74) is 0. The highest BCUT2D eigenvalue weighted by Crippen LogP contribution is 2.24. The van der Waals surface area contributed by atoms with Crippen LogP contribution in [0.1, 0.15) is 354 Å². The van der Waals surface area contributed by atoms with Gasteiger partial charge in [0.2, 0.25) is 5.91 Å². The number of rotatable bonds is 63. The topological polar surface area (TPSA) is 149 Å². The van der Waals surface area contributed by atoms with Gasteiger partial charge < -0.3 is 40.3 Å². The van der Waals surface area contributed by atoms with Gasteiger partial charge in [-0.3, -0.25) is 4.79 Å². The van der Waals surface area contributed by atoms with Crippen molar-refractivity contribution in [3.05, 3.63) is 48.6 Å². The molecule has 1 rings (SSSR count). The van der Waals surface area contributed by atoms with E-state index in [2.05, 4.69) is 67.8 Å². The van der Waals surface area contributed by atoms with E-state index in [0.717, 1.165) is 64.2 Å². The molecule has 6 N–H and O–H groups in total. The summed E-state index contributed by atoms with van der Waals surface area (Å²) in [5.74, 6) is -0.136. The van der Waals surface area contributed by atoms with E-state index in [-0.39, 0.29) is 12.5 Å². The molecule has 0 aromatic carbocycles. The normalized spacial score (nSPS) is 18.5. The van der Waals surface area contributed by atoms with E-state index < -0.39 is 49.5 Å². The summed E-state index contributed by atoms with van der Waals surface area (Å²) in [7, 11) is 0. The maximum Gasteiger partial charge on any atom is 0.220 e. The Hall–Kier alpha value is -1.85. The lowest BCUT2D eigenvalue weighted by Gasteiger charge is -2.40. The first-order chi connectivity index (χ1) is 40.3. The zero-order valence-corrected chi connectivity index (χ0v) is 54.0. The number of hydrogen-bond acceptors (Lipinski definition) is 8. The van der Waals surface area contributed by atoms with Crippen molar-refractivity contribution in [3.8, 4) is 0 Å². The van der Waals surface area contributed by atoms with Gasteiger partial charge in [-0.05, 0) is 51.4 Å². The van der Waals surface area contributed by atoms with Crippen molar-refractivity contribution in [1.82, 2.24) is 5.32 Å². The Morgan fingerprint density at radius 2 is 0.756 bits per heavy atom. The molecule has 82 heavy (non-hydrogen) atoms. The summed E-state index contributed by atoms with van der Waals surface area (Å²) < 4.78 is 11.4. The number of unbranched alkanes of at least 4 members (excludes halogenated alkanes) is 45. The molecular weight excluding hydrogens is 1020 g/mol. The molecule has 1 aliphatic rings. The molecule has 1 amide bonds. The Morgan fingerprint density at radius 3 is 1.12 bits per heavy atom. The van der Waals surface area contributed by atoms with Crippen LogP contribution < -0.4 is 5.32 Å². The smallest absolute Gasteiger partial charge is 0.220 e. The fourth-order valence-corrected chi connectivity index (χ4v) is 11.6. The number of nitrogens with one attached hydrogen (secondary N) is 1. The van der Waals surface area contributed by atoms with Crippen LogP contribution in [0.15, 0.2) is 48.6 Å². The van der Waals surface area contributed by atoms with Gasteiger partial charge in [0.25, 0.3) is 0 Å². The largest absolute Gasteiger partial charge is 0.394 e. The summed E-state index contributed by atoms with van der Waals surface area (Å²) in [4.78, 5) is 13.1. The summed E-state index contributed by atoms with van der Waals surface area (Å²) in [6.07, 6.45) is 77.7. The Balaban J connectivity index is 2.04. The van der Waals surface area contributed by atoms with E-state index in [1.807, 2.05) is 0 Å². The maximum atomic E-state index is 13.1. The number of amides is 1. The highest BCUT2D eigenvalue weighted by Gasteiger charge is 2.44. The predicted octanol–water partition coefficient (Wildman–Crippen LogP) is 19.6. The first-order valence-corrected chi connectivity index (χ1v) is 35.8. The maximum absolute atomic E-state index is 13.1.